The number of nitrogens with zero attached hydrogens (tertiary/aromatic N) is 3. The van der Waals surface area contributed by atoms with Crippen molar-refractivity contribution in [3.63, 3.8) is 0 Å². The van der Waals surface area contributed by atoms with E-state index < -0.39 is 0 Å². The minimum absolute atomic E-state index is 0.0445. The van der Waals surface area contributed by atoms with Crippen molar-refractivity contribution in [3.8, 4) is 0 Å². The highest BCUT2D eigenvalue weighted by Gasteiger charge is 2.28. The van der Waals surface area contributed by atoms with Crippen LogP contribution < -0.4 is 10.2 Å². The van der Waals surface area contributed by atoms with Gasteiger partial charge in [-0.2, -0.15) is 0 Å². The minimum Gasteiger partial charge on any atom is -0.378 e. The molecule has 7 nitrogen and oxygen atoms in total. The van der Waals surface area contributed by atoms with Gasteiger partial charge in [0.25, 0.3) is 5.91 Å². The summed E-state index contributed by atoms with van der Waals surface area (Å²) in [7, 11) is 0. The summed E-state index contributed by atoms with van der Waals surface area (Å²) in [6, 6.07) is 17.8. The Morgan fingerprint density at radius 3 is 2.56 bits per heavy atom. The molecule has 1 N–H and O–H groups in total. The molecule has 2 aromatic carbocycles. The van der Waals surface area contributed by atoms with Gasteiger partial charge in [0.1, 0.15) is 5.82 Å². The third-order valence-corrected chi connectivity index (χ3v) is 6.78. The van der Waals surface area contributed by atoms with Gasteiger partial charge in [-0.15, -0.1) is 0 Å². The summed E-state index contributed by atoms with van der Waals surface area (Å²) in [5.41, 5.74) is 1.77. The molecule has 0 spiro atoms. The van der Waals surface area contributed by atoms with E-state index in [1.54, 1.807) is 6.20 Å². The van der Waals surface area contributed by atoms with Crippen LogP contribution in [0.4, 0.5) is 5.82 Å². The molecule has 0 saturated carbocycles. The SMILES string of the molecule is O=C(NCc1ccnc(N2CCOCC2)c1)C1CCN(C(=O)c2cccc3ccccc23)CC1. The van der Waals surface area contributed by atoms with Gasteiger partial charge in [0, 0.05) is 50.4 Å². The quantitative estimate of drug-likeness (QED) is 0.635. The summed E-state index contributed by atoms with van der Waals surface area (Å²) in [6.07, 6.45) is 3.15. The van der Waals surface area contributed by atoms with E-state index in [2.05, 4.69) is 15.2 Å². The van der Waals surface area contributed by atoms with Gasteiger partial charge in [0.2, 0.25) is 5.91 Å². The molecule has 0 radical (unpaired) electrons. The van der Waals surface area contributed by atoms with Gasteiger partial charge in [-0.25, -0.2) is 4.98 Å². The summed E-state index contributed by atoms with van der Waals surface area (Å²) in [5.74, 6) is 0.956. The highest BCUT2D eigenvalue weighted by Crippen LogP contribution is 2.24. The third kappa shape index (κ3) is 4.89. The fourth-order valence-corrected chi connectivity index (χ4v) is 4.80. The van der Waals surface area contributed by atoms with Crippen LogP contribution in [-0.2, 0) is 16.1 Å². The van der Waals surface area contributed by atoms with Crippen LogP contribution in [0.3, 0.4) is 0 Å². The molecule has 0 unspecified atom stereocenters. The van der Waals surface area contributed by atoms with Crippen molar-refractivity contribution in [1.82, 2.24) is 15.2 Å². The molecule has 1 aromatic heterocycles. The number of morpholine rings is 1. The number of hydrogen-bond donors (Lipinski definition) is 1. The summed E-state index contributed by atoms with van der Waals surface area (Å²) in [6.45, 7) is 4.76. The van der Waals surface area contributed by atoms with Crippen LogP contribution in [0.15, 0.2) is 60.8 Å². The number of benzene rings is 2. The molecule has 3 aromatic rings. The summed E-state index contributed by atoms with van der Waals surface area (Å²) >= 11 is 0. The smallest absolute Gasteiger partial charge is 0.254 e. The van der Waals surface area contributed by atoms with Gasteiger partial charge in [0.05, 0.1) is 13.2 Å². The average Bonchev–Trinajstić information content (AvgIpc) is 2.92. The maximum Gasteiger partial charge on any atom is 0.254 e. The van der Waals surface area contributed by atoms with Gasteiger partial charge in [0.15, 0.2) is 0 Å². The zero-order valence-corrected chi connectivity index (χ0v) is 19.3. The van der Waals surface area contributed by atoms with E-state index in [0.717, 1.165) is 40.8 Å². The number of fused-ring (bicyclic) bond motifs is 1. The van der Waals surface area contributed by atoms with E-state index in [0.29, 0.717) is 45.7 Å². The molecule has 2 amide bonds. The van der Waals surface area contributed by atoms with Gasteiger partial charge < -0.3 is 19.9 Å². The Balaban J connectivity index is 1.15. The Labute approximate surface area is 199 Å². The highest BCUT2D eigenvalue weighted by molar-refractivity contribution is 6.07. The molecule has 2 aliphatic rings. The lowest BCUT2D eigenvalue weighted by Gasteiger charge is -2.31. The predicted molar refractivity (Wildman–Crippen MR) is 132 cm³/mol. The normalized spacial score (nSPS) is 17.1. The van der Waals surface area contributed by atoms with Crippen molar-refractivity contribution in [1.29, 1.82) is 0 Å². The zero-order valence-electron chi connectivity index (χ0n) is 19.3. The zero-order chi connectivity index (χ0) is 23.3. The number of amides is 2. The van der Waals surface area contributed by atoms with Gasteiger partial charge in [-0.05, 0) is 47.4 Å². The number of likely N-dealkylation sites (tertiary alicyclic amines) is 1. The second-order valence-electron chi connectivity index (χ2n) is 8.93. The van der Waals surface area contributed by atoms with Crippen LogP contribution in [0.1, 0.15) is 28.8 Å². The molecular formula is C27H30N4O3. The Morgan fingerprint density at radius 1 is 0.971 bits per heavy atom. The van der Waals surface area contributed by atoms with Crippen molar-refractivity contribution in [2.45, 2.75) is 19.4 Å². The Hall–Kier alpha value is -3.45. The number of piperidine rings is 1. The molecule has 0 bridgehead atoms. The molecule has 2 aliphatic heterocycles. The van der Waals surface area contributed by atoms with E-state index in [1.807, 2.05) is 59.5 Å². The van der Waals surface area contributed by atoms with Crippen LogP contribution in [0.25, 0.3) is 10.8 Å². The maximum absolute atomic E-state index is 13.2. The molecule has 0 atom stereocenters. The molecule has 3 heterocycles. The van der Waals surface area contributed by atoms with E-state index in [4.69, 9.17) is 4.74 Å². The minimum atomic E-state index is -0.0721. The maximum atomic E-state index is 13.2. The van der Waals surface area contributed by atoms with Crippen LogP contribution in [-0.4, -0.2) is 61.1 Å². The average molecular weight is 459 g/mol. The predicted octanol–water partition coefficient (Wildman–Crippen LogP) is 3.24. The lowest BCUT2D eigenvalue weighted by Crippen LogP contribution is -2.43. The lowest BCUT2D eigenvalue weighted by atomic mass is 9.94. The first-order valence-electron chi connectivity index (χ1n) is 12.0. The number of ether oxygens (including phenoxy) is 1. The second-order valence-corrected chi connectivity index (χ2v) is 8.93. The Kier molecular flexibility index (Phi) is 6.72. The largest absolute Gasteiger partial charge is 0.378 e. The lowest BCUT2D eigenvalue weighted by molar-refractivity contribution is -0.126. The first-order chi connectivity index (χ1) is 16.7. The fourth-order valence-electron chi connectivity index (χ4n) is 4.80. The number of hydrogen-bond acceptors (Lipinski definition) is 5. The first kappa shape index (κ1) is 22.3. The standard InChI is InChI=1S/C27H30N4O3/c32-26(29-19-20-8-11-28-25(18-20)30-14-16-34-17-15-30)22-9-12-31(13-10-22)27(33)24-7-3-5-21-4-1-2-6-23(21)24/h1-8,11,18,22H,9-10,12-17,19H2,(H,29,32). The number of anilines is 1. The second kappa shape index (κ2) is 10.2. The number of aromatic nitrogens is 1. The van der Waals surface area contributed by atoms with Crippen LogP contribution >= 0.6 is 0 Å². The first-order valence-corrected chi connectivity index (χ1v) is 12.0. The monoisotopic (exact) mass is 458 g/mol. The van der Waals surface area contributed by atoms with Gasteiger partial charge in [-0.1, -0.05) is 36.4 Å². The number of nitrogens with one attached hydrogen (secondary N) is 1. The molecule has 5 rings (SSSR count). The molecular weight excluding hydrogens is 428 g/mol. The molecule has 0 aliphatic carbocycles. The Bertz CT molecular complexity index is 1160. The summed E-state index contributed by atoms with van der Waals surface area (Å²) < 4.78 is 5.41. The van der Waals surface area contributed by atoms with Crippen molar-refractivity contribution < 1.29 is 14.3 Å². The van der Waals surface area contributed by atoms with Gasteiger partial charge >= 0.3 is 0 Å². The van der Waals surface area contributed by atoms with E-state index in [1.165, 1.54) is 0 Å². The van der Waals surface area contributed by atoms with Crippen LogP contribution in [0.5, 0.6) is 0 Å². The molecule has 2 saturated heterocycles. The van der Waals surface area contributed by atoms with E-state index in [-0.39, 0.29) is 17.7 Å². The fraction of sp³-hybridized carbons (Fsp3) is 0.370. The topological polar surface area (TPSA) is 74.8 Å². The third-order valence-electron chi connectivity index (χ3n) is 6.78. The highest BCUT2D eigenvalue weighted by atomic mass is 16.5. The van der Waals surface area contributed by atoms with E-state index in [9.17, 15) is 9.59 Å². The van der Waals surface area contributed by atoms with Crippen molar-refractivity contribution >= 4 is 28.4 Å². The van der Waals surface area contributed by atoms with Crippen molar-refractivity contribution in [3.05, 3.63) is 71.9 Å². The Morgan fingerprint density at radius 2 is 1.74 bits per heavy atom. The number of rotatable bonds is 5. The molecule has 34 heavy (non-hydrogen) atoms. The van der Waals surface area contributed by atoms with Crippen molar-refractivity contribution in [2.75, 3.05) is 44.3 Å². The summed E-state index contributed by atoms with van der Waals surface area (Å²) in [5, 5.41) is 5.13. The number of carbonyl (C=O) groups excluding carboxylic acids is 2. The van der Waals surface area contributed by atoms with Crippen LogP contribution in [0.2, 0.25) is 0 Å². The van der Waals surface area contributed by atoms with Crippen molar-refractivity contribution in [2.24, 2.45) is 5.92 Å². The van der Waals surface area contributed by atoms with E-state index >= 15 is 0 Å². The number of carbonyl (C=O) groups is 2. The molecule has 2 fully saturated rings. The number of pyridine rings is 1. The molecule has 7 heteroatoms. The van der Waals surface area contributed by atoms with Gasteiger partial charge in [-0.3, -0.25) is 9.59 Å². The molecule has 176 valence electrons. The van der Waals surface area contributed by atoms with Crippen LogP contribution in [0, 0.1) is 5.92 Å². The summed E-state index contributed by atoms with van der Waals surface area (Å²) in [4.78, 5) is 34.5.